The van der Waals surface area contributed by atoms with Gasteiger partial charge in [0.1, 0.15) is 13.2 Å². The number of hydrogen-bond acceptors (Lipinski definition) is 5. The highest BCUT2D eigenvalue weighted by molar-refractivity contribution is 5.79. The molecule has 0 unspecified atom stereocenters. The van der Waals surface area contributed by atoms with Crippen LogP contribution in [0.5, 0.6) is 0 Å². The van der Waals surface area contributed by atoms with Crippen molar-refractivity contribution in [1.29, 1.82) is 0 Å². The fourth-order valence-corrected chi connectivity index (χ4v) is 2.38. The number of rotatable bonds is 6. The molecule has 1 aliphatic heterocycles. The summed E-state index contributed by atoms with van der Waals surface area (Å²) in [6.45, 7) is 0.248. The predicted octanol–water partition coefficient (Wildman–Crippen LogP) is -1.05. The summed E-state index contributed by atoms with van der Waals surface area (Å²) in [6, 6.07) is 5.62. The van der Waals surface area contributed by atoms with E-state index in [9.17, 15) is 14.7 Å². The number of carbonyl (C=O) groups is 2. The van der Waals surface area contributed by atoms with Crippen LogP contribution in [0.2, 0.25) is 0 Å². The molecule has 7 nitrogen and oxygen atoms in total. The second-order valence-corrected chi connectivity index (χ2v) is 5.11. The van der Waals surface area contributed by atoms with E-state index in [1.165, 1.54) is 0 Å². The molecule has 0 radical (unpaired) electrons. The van der Waals surface area contributed by atoms with Gasteiger partial charge >= 0.3 is 0 Å². The van der Waals surface area contributed by atoms with Crippen LogP contribution in [0.1, 0.15) is 5.69 Å². The summed E-state index contributed by atoms with van der Waals surface area (Å²) in [7, 11) is 0. The minimum Gasteiger partial charge on any atom is -0.391 e. The number of aromatic nitrogens is 1. The zero-order chi connectivity index (χ0) is 15.2. The maximum absolute atomic E-state index is 11.9. The van der Waals surface area contributed by atoms with Crippen molar-refractivity contribution in [2.45, 2.75) is 12.5 Å². The fourth-order valence-electron chi connectivity index (χ4n) is 2.38. The molecule has 2 atom stereocenters. The highest BCUT2D eigenvalue weighted by atomic mass is 16.5. The summed E-state index contributed by atoms with van der Waals surface area (Å²) in [5.74, 6) is -0.906. The van der Waals surface area contributed by atoms with Crippen LogP contribution in [0.3, 0.4) is 0 Å². The fraction of sp³-hybridized carbons (Fsp3) is 0.500. The van der Waals surface area contributed by atoms with Gasteiger partial charge in [0.2, 0.25) is 11.8 Å². The van der Waals surface area contributed by atoms with Crippen molar-refractivity contribution in [3.63, 3.8) is 0 Å². The van der Waals surface area contributed by atoms with Gasteiger partial charge in [0, 0.05) is 30.9 Å². The molecule has 2 heterocycles. The Bertz CT molecular complexity index is 494. The number of aliphatic hydroxyl groups is 1. The molecule has 1 aromatic heterocycles. The zero-order valence-corrected chi connectivity index (χ0v) is 11.6. The molecule has 1 aromatic rings. The first-order valence-electron chi connectivity index (χ1n) is 6.78. The second kappa shape index (κ2) is 7.14. The Hall–Kier alpha value is -1.99. The minimum absolute atomic E-state index is 0.0417. The molecular formula is C14H19N3O4. The van der Waals surface area contributed by atoms with Crippen molar-refractivity contribution in [1.82, 2.24) is 9.88 Å². The Morgan fingerprint density at radius 3 is 2.86 bits per heavy atom. The first kappa shape index (κ1) is 15.4. The number of pyridine rings is 1. The van der Waals surface area contributed by atoms with Gasteiger partial charge in [-0.15, -0.1) is 0 Å². The highest BCUT2D eigenvalue weighted by Crippen LogP contribution is 2.20. The lowest BCUT2D eigenvalue weighted by Crippen LogP contribution is -2.34. The average molecular weight is 293 g/mol. The Balaban J connectivity index is 1.83. The van der Waals surface area contributed by atoms with Crippen LogP contribution in [0.25, 0.3) is 0 Å². The van der Waals surface area contributed by atoms with Crippen LogP contribution >= 0.6 is 0 Å². The van der Waals surface area contributed by atoms with E-state index in [4.69, 9.17) is 10.5 Å². The predicted molar refractivity (Wildman–Crippen MR) is 74.0 cm³/mol. The summed E-state index contributed by atoms with van der Waals surface area (Å²) < 4.78 is 4.90. The quantitative estimate of drug-likeness (QED) is 0.696. The number of amides is 2. The van der Waals surface area contributed by atoms with E-state index in [1.54, 1.807) is 11.1 Å². The Kier molecular flexibility index (Phi) is 5.24. The number of β-amino-alcohol motifs (C(OH)–C–C–N with tert-alkyl or cyclic N) is 1. The SMILES string of the molecule is NC(=O)COCC(=O)N1C[C@@H](Cc2ccccn2)[C@H](O)C1. The van der Waals surface area contributed by atoms with E-state index in [-0.39, 0.29) is 31.6 Å². The van der Waals surface area contributed by atoms with E-state index in [2.05, 4.69) is 4.98 Å². The van der Waals surface area contributed by atoms with Crippen LogP contribution in [-0.4, -0.2) is 59.2 Å². The standard InChI is InChI=1S/C14H19N3O4/c15-13(19)8-21-9-14(20)17-6-10(12(18)7-17)5-11-3-1-2-4-16-11/h1-4,10,12,18H,5-9H2,(H2,15,19)/t10-,12-/m1/s1. The van der Waals surface area contributed by atoms with Crippen molar-refractivity contribution in [3.8, 4) is 0 Å². The molecule has 0 aromatic carbocycles. The zero-order valence-electron chi connectivity index (χ0n) is 11.6. The van der Waals surface area contributed by atoms with E-state index >= 15 is 0 Å². The van der Waals surface area contributed by atoms with E-state index in [1.807, 2.05) is 18.2 Å². The molecule has 0 saturated carbocycles. The lowest BCUT2D eigenvalue weighted by molar-refractivity contribution is -0.137. The lowest BCUT2D eigenvalue weighted by atomic mass is 10.00. The van der Waals surface area contributed by atoms with Crippen LogP contribution in [0.15, 0.2) is 24.4 Å². The summed E-state index contributed by atoms with van der Waals surface area (Å²) >= 11 is 0. The van der Waals surface area contributed by atoms with Gasteiger partial charge in [0.05, 0.1) is 6.10 Å². The Labute approximate surface area is 122 Å². The largest absolute Gasteiger partial charge is 0.391 e. The molecule has 21 heavy (non-hydrogen) atoms. The number of primary amides is 1. The van der Waals surface area contributed by atoms with E-state index in [0.29, 0.717) is 13.0 Å². The monoisotopic (exact) mass is 293 g/mol. The number of nitrogens with zero attached hydrogens (tertiary/aromatic N) is 2. The van der Waals surface area contributed by atoms with Crippen molar-refractivity contribution in [3.05, 3.63) is 30.1 Å². The Morgan fingerprint density at radius 1 is 1.38 bits per heavy atom. The molecule has 3 N–H and O–H groups in total. The third kappa shape index (κ3) is 4.51. The van der Waals surface area contributed by atoms with Crippen molar-refractivity contribution in [2.75, 3.05) is 26.3 Å². The van der Waals surface area contributed by atoms with Gasteiger partial charge in [-0.3, -0.25) is 14.6 Å². The Morgan fingerprint density at radius 2 is 2.19 bits per heavy atom. The third-order valence-corrected chi connectivity index (χ3v) is 3.43. The first-order chi connectivity index (χ1) is 10.1. The van der Waals surface area contributed by atoms with Gasteiger partial charge < -0.3 is 20.5 Å². The van der Waals surface area contributed by atoms with Gasteiger partial charge in [-0.1, -0.05) is 6.07 Å². The number of nitrogens with two attached hydrogens (primary N) is 1. The summed E-state index contributed by atoms with van der Waals surface area (Å²) in [4.78, 5) is 28.2. The first-order valence-corrected chi connectivity index (χ1v) is 6.78. The molecular weight excluding hydrogens is 274 g/mol. The maximum Gasteiger partial charge on any atom is 0.248 e. The normalized spacial score (nSPS) is 21.5. The topological polar surface area (TPSA) is 106 Å². The van der Waals surface area contributed by atoms with E-state index in [0.717, 1.165) is 5.69 Å². The molecule has 114 valence electrons. The molecule has 0 bridgehead atoms. The van der Waals surface area contributed by atoms with E-state index < -0.39 is 12.0 Å². The summed E-state index contributed by atoms with van der Waals surface area (Å²) in [6.07, 6.45) is 1.75. The molecule has 1 fully saturated rings. The van der Waals surface area contributed by atoms with Gasteiger partial charge in [0.25, 0.3) is 0 Å². The minimum atomic E-state index is -0.614. The number of hydrogen-bond donors (Lipinski definition) is 2. The number of ether oxygens (including phenoxy) is 1. The molecule has 1 aliphatic rings. The van der Waals surface area contributed by atoms with Crippen LogP contribution in [-0.2, 0) is 20.7 Å². The number of carbonyl (C=O) groups excluding carboxylic acids is 2. The van der Waals surface area contributed by atoms with Crippen molar-refractivity contribution in [2.24, 2.45) is 11.7 Å². The summed E-state index contributed by atoms with van der Waals surface area (Å²) in [5.41, 5.74) is 5.82. The van der Waals surface area contributed by atoms with Crippen LogP contribution in [0.4, 0.5) is 0 Å². The number of likely N-dealkylation sites (tertiary alicyclic amines) is 1. The number of aliphatic hydroxyl groups excluding tert-OH is 1. The molecule has 0 spiro atoms. The highest BCUT2D eigenvalue weighted by Gasteiger charge is 2.34. The van der Waals surface area contributed by atoms with Crippen LogP contribution < -0.4 is 5.73 Å². The molecule has 7 heteroatoms. The molecule has 1 saturated heterocycles. The van der Waals surface area contributed by atoms with Gasteiger partial charge in [-0.05, 0) is 18.6 Å². The van der Waals surface area contributed by atoms with Gasteiger partial charge in [-0.2, -0.15) is 0 Å². The second-order valence-electron chi connectivity index (χ2n) is 5.11. The van der Waals surface area contributed by atoms with Gasteiger partial charge in [-0.25, -0.2) is 0 Å². The molecule has 2 rings (SSSR count). The maximum atomic E-state index is 11.9. The lowest BCUT2D eigenvalue weighted by Gasteiger charge is -2.15. The average Bonchev–Trinajstić information content (AvgIpc) is 2.81. The summed E-state index contributed by atoms with van der Waals surface area (Å²) in [5, 5.41) is 10.0. The molecule has 2 amide bonds. The third-order valence-electron chi connectivity index (χ3n) is 3.43. The van der Waals surface area contributed by atoms with Gasteiger partial charge in [0.15, 0.2) is 0 Å². The van der Waals surface area contributed by atoms with Crippen molar-refractivity contribution < 1.29 is 19.4 Å². The smallest absolute Gasteiger partial charge is 0.248 e. The van der Waals surface area contributed by atoms with Crippen molar-refractivity contribution >= 4 is 11.8 Å². The molecule has 0 aliphatic carbocycles. The van der Waals surface area contributed by atoms with Crippen LogP contribution in [0, 0.1) is 5.92 Å².